The van der Waals surface area contributed by atoms with Crippen molar-refractivity contribution in [1.29, 1.82) is 0 Å². The summed E-state index contributed by atoms with van der Waals surface area (Å²) in [6.45, 7) is 0.415. The van der Waals surface area contributed by atoms with Gasteiger partial charge in [0.15, 0.2) is 0 Å². The van der Waals surface area contributed by atoms with Crippen LogP contribution in [0.1, 0.15) is 6.42 Å². The van der Waals surface area contributed by atoms with Crippen molar-refractivity contribution in [2.45, 2.75) is 12.5 Å². The Morgan fingerprint density at radius 3 is 2.89 bits per heavy atom. The average Bonchev–Trinajstić information content (AvgIpc) is 2.74. The fourth-order valence-corrected chi connectivity index (χ4v) is 1.69. The SMILES string of the molecule is NNc1ccc([N+](=O)[O-])c(NC2CNC(=O)C2)n1. The van der Waals surface area contributed by atoms with E-state index in [1.54, 1.807) is 0 Å². The Hall–Kier alpha value is -2.42. The molecule has 1 aromatic heterocycles. The number of nitro groups is 1. The minimum atomic E-state index is -0.542. The number of nitrogens with zero attached hydrogens (tertiary/aromatic N) is 2. The molecule has 1 fully saturated rings. The molecule has 1 amide bonds. The van der Waals surface area contributed by atoms with E-state index in [0.29, 0.717) is 12.4 Å². The van der Waals surface area contributed by atoms with Crippen LogP contribution < -0.4 is 21.9 Å². The van der Waals surface area contributed by atoms with Crippen LogP contribution in [0.2, 0.25) is 0 Å². The molecular formula is C9H12N6O3. The van der Waals surface area contributed by atoms with E-state index >= 15 is 0 Å². The van der Waals surface area contributed by atoms with Crippen LogP contribution in [-0.4, -0.2) is 28.4 Å². The highest BCUT2D eigenvalue weighted by atomic mass is 16.6. The van der Waals surface area contributed by atoms with Gasteiger partial charge in [-0.3, -0.25) is 14.9 Å². The Kier molecular flexibility index (Phi) is 3.24. The molecule has 0 aromatic carbocycles. The van der Waals surface area contributed by atoms with Crippen molar-refractivity contribution in [2.24, 2.45) is 5.84 Å². The van der Waals surface area contributed by atoms with Gasteiger partial charge in [0.05, 0.1) is 11.0 Å². The molecule has 0 spiro atoms. The third-order valence-electron chi connectivity index (χ3n) is 2.54. The predicted molar refractivity (Wildman–Crippen MR) is 63.7 cm³/mol. The predicted octanol–water partition coefficient (Wildman–Crippen LogP) is -0.424. The second kappa shape index (κ2) is 4.84. The number of nitrogen functional groups attached to an aromatic ring is 1. The van der Waals surface area contributed by atoms with E-state index in [-0.39, 0.29) is 29.9 Å². The van der Waals surface area contributed by atoms with E-state index < -0.39 is 4.92 Å². The van der Waals surface area contributed by atoms with Gasteiger partial charge in [-0.1, -0.05) is 0 Å². The van der Waals surface area contributed by atoms with Gasteiger partial charge >= 0.3 is 5.69 Å². The maximum atomic E-state index is 11.0. The molecule has 2 heterocycles. The summed E-state index contributed by atoms with van der Waals surface area (Å²) in [6, 6.07) is 2.49. The zero-order valence-corrected chi connectivity index (χ0v) is 9.34. The van der Waals surface area contributed by atoms with Crippen molar-refractivity contribution < 1.29 is 9.72 Å². The Morgan fingerprint density at radius 2 is 2.33 bits per heavy atom. The number of carbonyl (C=O) groups excluding carboxylic acids is 1. The molecule has 1 unspecified atom stereocenters. The van der Waals surface area contributed by atoms with E-state index in [1.165, 1.54) is 12.1 Å². The monoisotopic (exact) mass is 252 g/mol. The molecule has 5 N–H and O–H groups in total. The number of hydrogen-bond donors (Lipinski definition) is 4. The molecule has 1 aromatic rings. The number of amides is 1. The van der Waals surface area contributed by atoms with Gasteiger partial charge in [-0.25, -0.2) is 10.8 Å². The minimum Gasteiger partial charge on any atom is -0.359 e. The van der Waals surface area contributed by atoms with E-state index in [9.17, 15) is 14.9 Å². The van der Waals surface area contributed by atoms with Gasteiger partial charge in [-0.2, -0.15) is 0 Å². The lowest BCUT2D eigenvalue weighted by Crippen LogP contribution is -2.23. The van der Waals surface area contributed by atoms with Crippen LogP contribution in [0.3, 0.4) is 0 Å². The summed E-state index contributed by atoms with van der Waals surface area (Å²) in [5.74, 6) is 5.50. The van der Waals surface area contributed by atoms with Crippen LogP contribution in [0.4, 0.5) is 17.3 Å². The van der Waals surface area contributed by atoms with Gasteiger partial charge in [-0.15, -0.1) is 0 Å². The van der Waals surface area contributed by atoms with Crippen LogP contribution in [-0.2, 0) is 4.79 Å². The highest BCUT2D eigenvalue weighted by molar-refractivity contribution is 5.80. The lowest BCUT2D eigenvalue weighted by atomic mass is 10.2. The largest absolute Gasteiger partial charge is 0.359 e. The van der Waals surface area contributed by atoms with Gasteiger partial charge in [0.25, 0.3) is 0 Å². The molecule has 0 saturated carbocycles. The first-order valence-electron chi connectivity index (χ1n) is 5.25. The van der Waals surface area contributed by atoms with E-state index in [0.717, 1.165) is 0 Å². The van der Waals surface area contributed by atoms with Crippen LogP contribution in [0.5, 0.6) is 0 Å². The number of rotatable bonds is 4. The topological polar surface area (TPSA) is 135 Å². The molecule has 1 atom stereocenters. The van der Waals surface area contributed by atoms with Gasteiger partial charge in [0.1, 0.15) is 5.82 Å². The molecule has 1 saturated heterocycles. The van der Waals surface area contributed by atoms with E-state index in [4.69, 9.17) is 5.84 Å². The van der Waals surface area contributed by atoms with Gasteiger partial charge in [0.2, 0.25) is 11.7 Å². The van der Waals surface area contributed by atoms with Crippen molar-refractivity contribution in [3.63, 3.8) is 0 Å². The van der Waals surface area contributed by atoms with Gasteiger partial charge in [0, 0.05) is 19.0 Å². The third kappa shape index (κ3) is 2.46. The molecule has 1 aliphatic heterocycles. The minimum absolute atomic E-state index is 0.0942. The highest BCUT2D eigenvalue weighted by Gasteiger charge is 2.25. The maximum absolute atomic E-state index is 11.0. The maximum Gasteiger partial charge on any atom is 0.311 e. The number of nitrogens with one attached hydrogen (secondary N) is 3. The number of carbonyl (C=O) groups is 1. The summed E-state index contributed by atoms with van der Waals surface area (Å²) in [5.41, 5.74) is 2.15. The Bertz CT molecular complexity index is 491. The first-order chi connectivity index (χ1) is 8.60. The summed E-state index contributed by atoms with van der Waals surface area (Å²) in [4.78, 5) is 25.3. The lowest BCUT2D eigenvalue weighted by Gasteiger charge is -2.12. The summed E-state index contributed by atoms with van der Waals surface area (Å²) in [7, 11) is 0. The zero-order valence-electron chi connectivity index (χ0n) is 9.34. The molecule has 0 aliphatic carbocycles. The molecule has 0 bridgehead atoms. The third-order valence-corrected chi connectivity index (χ3v) is 2.54. The van der Waals surface area contributed by atoms with Crippen LogP contribution in [0, 0.1) is 10.1 Å². The number of anilines is 2. The van der Waals surface area contributed by atoms with Gasteiger partial charge in [-0.05, 0) is 6.07 Å². The smallest absolute Gasteiger partial charge is 0.311 e. The molecule has 0 radical (unpaired) electrons. The summed E-state index contributed by atoms with van der Waals surface area (Å²) >= 11 is 0. The molecule has 1 aliphatic rings. The Morgan fingerprint density at radius 1 is 1.56 bits per heavy atom. The summed E-state index contributed by atoms with van der Waals surface area (Å²) < 4.78 is 0. The van der Waals surface area contributed by atoms with Crippen LogP contribution in [0.15, 0.2) is 12.1 Å². The quantitative estimate of drug-likeness (QED) is 0.324. The molecular weight excluding hydrogens is 240 g/mol. The van der Waals surface area contributed by atoms with Crippen LogP contribution >= 0.6 is 0 Å². The normalized spacial score (nSPS) is 18.3. The number of pyridine rings is 1. The zero-order chi connectivity index (χ0) is 13.1. The first-order valence-corrected chi connectivity index (χ1v) is 5.25. The number of nitrogens with two attached hydrogens (primary N) is 1. The number of hydrogen-bond acceptors (Lipinski definition) is 7. The van der Waals surface area contributed by atoms with E-state index in [1.807, 2.05) is 0 Å². The number of hydrazine groups is 1. The lowest BCUT2D eigenvalue weighted by molar-refractivity contribution is -0.384. The standard InChI is InChI=1S/C9H12N6O3/c10-14-7-2-1-6(15(17)18)9(13-7)12-5-3-8(16)11-4-5/h1-2,5H,3-4,10H2,(H,11,16)(H2,12,13,14). The fourth-order valence-electron chi connectivity index (χ4n) is 1.69. The molecule has 18 heavy (non-hydrogen) atoms. The summed E-state index contributed by atoms with van der Waals surface area (Å²) in [6.07, 6.45) is 0.263. The molecule has 96 valence electrons. The van der Waals surface area contributed by atoms with Crippen molar-refractivity contribution >= 4 is 23.2 Å². The van der Waals surface area contributed by atoms with Crippen molar-refractivity contribution in [1.82, 2.24) is 10.3 Å². The first kappa shape index (κ1) is 12.0. The second-order valence-electron chi connectivity index (χ2n) is 3.82. The Balaban J connectivity index is 2.23. The highest BCUT2D eigenvalue weighted by Crippen LogP contribution is 2.25. The average molecular weight is 252 g/mol. The van der Waals surface area contributed by atoms with Crippen LogP contribution in [0.25, 0.3) is 0 Å². The number of aromatic nitrogens is 1. The molecule has 9 heteroatoms. The molecule has 9 nitrogen and oxygen atoms in total. The summed E-state index contributed by atoms with van der Waals surface area (Å²) in [5, 5.41) is 16.3. The van der Waals surface area contributed by atoms with Crippen molar-refractivity contribution in [3.8, 4) is 0 Å². The Labute approximate surface area is 102 Å². The molecule has 2 rings (SSSR count). The fraction of sp³-hybridized carbons (Fsp3) is 0.333. The van der Waals surface area contributed by atoms with Crippen molar-refractivity contribution in [2.75, 3.05) is 17.3 Å². The van der Waals surface area contributed by atoms with E-state index in [2.05, 4.69) is 21.0 Å². The van der Waals surface area contributed by atoms with Gasteiger partial charge < -0.3 is 16.1 Å². The van der Waals surface area contributed by atoms with Crippen molar-refractivity contribution in [3.05, 3.63) is 22.2 Å². The second-order valence-corrected chi connectivity index (χ2v) is 3.82.